The number of nitro groups is 1. The fraction of sp³-hybridized carbons (Fsp3) is 0.125. The first-order chi connectivity index (χ1) is 10.9. The smallest absolute Gasteiger partial charge is 0.267 e. The highest BCUT2D eigenvalue weighted by Gasteiger charge is 2.12. The van der Waals surface area contributed by atoms with Gasteiger partial charge in [0, 0.05) is 27.8 Å². The predicted octanol–water partition coefficient (Wildman–Crippen LogP) is 3.71. The Balaban J connectivity index is 2.16. The largest absolute Gasteiger partial charge is 0.272 e. The number of rotatable bonds is 4. The van der Waals surface area contributed by atoms with Gasteiger partial charge in [-0.25, -0.2) is 5.43 Å². The van der Waals surface area contributed by atoms with E-state index in [4.69, 9.17) is 11.6 Å². The van der Waals surface area contributed by atoms with Crippen LogP contribution in [0.4, 0.5) is 5.69 Å². The molecule has 0 fully saturated rings. The number of halogens is 1. The van der Waals surface area contributed by atoms with E-state index in [-0.39, 0.29) is 11.6 Å². The topological polar surface area (TPSA) is 84.6 Å². The predicted molar refractivity (Wildman–Crippen MR) is 89.0 cm³/mol. The van der Waals surface area contributed by atoms with E-state index >= 15 is 0 Å². The summed E-state index contributed by atoms with van der Waals surface area (Å²) in [5, 5.41) is 15.5. The molecule has 0 heterocycles. The molecule has 1 amide bonds. The third-order valence-electron chi connectivity index (χ3n) is 3.26. The van der Waals surface area contributed by atoms with Crippen molar-refractivity contribution in [2.75, 3.05) is 0 Å². The van der Waals surface area contributed by atoms with Crippen molar-refractivity contribution in [1.29, 1.82) is 0 Å². The van der Waals surface area contributed by atoms with E-state index in [1.165, 1.54) is 6.07 Å². The SMILES string of the molecule is C/C(=N\NC(=O)c1ccc(Cl)cc1)c1ccc(C)c([N+](=O)[O-])c1. The zero-order valence-corrected chi connectivity index (χ0v) is 13.3. The molecule has 0 saturated heterocycles. The zero-order valence-electron chi connectivity index (χ0n) is 12.5. The molecule has 23 heavy (non-hydrogen) atoms. The second-order valence-electron chi connectivity index (χ2n) is 4.90. The van der Waals surface area contributed by atoms with E-state index in [1.54, 1.807) is 50.2 Å². The third kappa shape index (κ3) is 4.14. The number of amides is 1. The van der Waals surface area contributed by atoms with Crippen molar-refractivity contribution < 1.29 is 9.72 Å². The van der Waals surface area contributed by atoms with Gasteiger partial charge in [-0.1, -0.05) is 23.7 Å². The molecule has 0 unspecified atom stereocenters. The lowest BCUT2D eigenvalue weighted by molar-refractivity contribution is -0.385. The minimum atomic E-state index is -0.446. The van der Waals surface area contributed by atoms with Crippen LogP contribution < -0.4 is 5.43 Å². The molecule has 6 nitrogen and oxygen atoms in total. The van der Waals surface area contributed by atoms with Gasteiger partial charge in [-0.2, -0.15) is 5.10 Å². The summed E-state index contributed by atoms with van der Waals surface area (Å²) < 4.78 is 0. The number of nitro benzene ring substituents is 1. The van der Waals surface area contributed by atoms with Gasteiger partial charge in [0.1, 0.15) is 0 Å². The molecule has 0 aliphatic carbocycles. The maximum atomic E-state index is 12.0. The van der Waals surface area contributed by atoms with Crippen LogP contribution in [-0.2, 0) is 0 Å². The number of nitrogens with zero attached hydrogens (tertiary/aromatic N) is 2. The fourth-order valence-corrected chi connectivity index (χ4v) is 2.02. The summed E-state index contributed by atoms with van der Waals surface area (Å²) >= 11 is 5.76. The van der Waals surface area contributed by atoms with E-state index < -0.39 is 4.92 Å². The lowest BCUT2D eigenvalue weighted by Crippen LogP contribution is -2.19. The summed E-state index contributed by atoms with van der Waals surface area (Å²) in [4.78, 5) is 22.5. The summed E-state index contributed by atoms with van der Waals surface area (Å²) in [6.45, 7) is 3.33. The highest BCUT2D eigenvalue weighted by atomic mass is 35.5. The highest BCUT2D eigenvalue weighted by Crippen LogP contribution is 2.19. The number of carbonyl (C=O) groups excluding carboxylic acids is 1. The van der Waals surface area contributed by atoms with Crippen molar-refractivity contribution in [3.05, 3.63) is 74.3 Å². The first-order valence-corrected chi connectivity index (χ1v) is 7.12. The number of hydrazone groups is 1. The molecule has 0 radical (unpaired) electrons. The maximum absolute atomic E-state index is 12.0. The average Bonchev–Trinajstić information content (AvgIpc) is 2.53. The van der Waals surface area contributed by atoms with Crippen LogP contribution in [0.3, 0.4) is 0 Å². The zero-order chi connectivity index (χ0) is 17.0. The Kier molecular flexibility index (Phi) is 5.08. The van der Waals surface area contributed by atoms with E-state index in [1.807, 2.05) is 0 Å². The van der Waals surface area contributed by atoms with Gasteiger partial charge in [0.2, 0.25) is 0 Å². The first-order valence-electron chi connectivity index (χ1n) is 6.74. The van der Waals surface area contributed by atoms with Crippen molar-refractivity contribution in [3.8, 4) is 0 Å². The van der Waals surface area contributed by atoms with E-state index in [2.05, 4.69) is 10.5 Å². The van der Waals surface area contributed by atoms with Gasteiger partial charge in [0.25, 0.3) is 11.6 Å². The Bertz CT molecular complexity index is 786. The van der Waals surface area contributed by atoms with Gasteiger partial charge in [-0.05, 0) is 38.1 Å². The molecule has 0 spiro atoms. The molecule has 118 valence electrons. The fourth-order valence-electron chi connectivity index (χ4n) is 1.90. The lowest BCUT2D eigenvalue weighted by Gasteiger charge is -2.04. The monoisotopic (exact) mass is 331 g/mol. The quantitative estimate of drug-likeness (QED) is 0.526. The molecule has 0 saturated carbocycles. The lowest BCUT2D eigenvalue weighted by atomic mass is 10.1. The Morgan fingerprint density at radius 2 is 1.78 bits per heavy atom. The Labute approximate surface area is 137 Å². The van der Waals surface area contributed by atoms with Crippen LogP contribution in [0.25, 0.3) is 0 Å². The molecular formula is C16H14ClN3O3. The summed E-state index contributed by atoms with van der Waals surface area (Å²) in [5.41, 5.74) is 4.45. The molecule has 2 aromatic carbocycles. The van der Waals surface area contributed by atoms with Crippen LogP contribution in [0.1, 0.15) is 28.4 Å². The van der Waals surface area contributed by atoms with E-state index in [0.717, 1.165) is 0 Å². The Morgan fingerprint density at radius 3 is 2.39 bits per heavy atom. The van der Waals surface area contributed by atoms with Gasteiger partial charge >= 0.3 is 0 Å². The molecule has 0 bridgehead atoms. The molecule has 0 atom stereocenters. The molecule has 0 aliphatic rings. The number of benzene rings is 2. The second-order valence-corrected chi connectivity index (χ2v) is 5.34. The standard InChI is InChI=1S/C16H14ClN3O3/c1-10-3-4-13(9-15(10)20(22)23)11(2)18-19-16(21)12-5-7-14(17)8-6-12/h3-9H,1-2H3,(H,19,21)/b18-11+. The molecule has 2 aromatic rings. The summed E-state index contributed by atoms with van der Waals surface area (Å²) in [7, 11) is 0. The van der Waals surface area contributed by atoms with Crippen molar-refractivity contribution in [3.63, 3.8) is 0 Å². The first kappa shape index (κ1) is 16.6. The van der Waals surface area contributed by atoms with Gasteiger partial charge in [0.05, 0.1) is 10.6 Å². The minimum Gasteiger partial charge on any atom is -0.267 e. The number of aryl methyl sites for hydroxylation is 1. The number of hydrogen-bond acceptors (Lipinski definition) is 4. The summed E-state index contributed by atoms with van der Waals surface area (Å²) in [6, 6.07) is 11.2. The van der Waals surface area contributed by atoms with Crippen LogP contribution in [0.15, 0.2) is 47.6 Å². The van der Waals surface area contributed by atoms with Gasteiger partial charge in [-0.3, -0.25) is 14.9 Å². The molecule has 1 N–H and O–H groups in total. The molecule has 2 rings (SSSR count). The van der Waals surface area contributed by atoms with E-state index in [0.29, 0.717) is 27.4 Å². The van der Waals surface area contributed by atoms with Gasteiger partial charge in [0.15, 0.2) is 0 Å². The molecule has 0 aliphatic heterocycles. The normalized spacial score (nSPS) is 11.2. The van der Waals surface area contributed by atoms with Crippen LogP contribution >= 0.6 is 11.6 Å². The Hall–Kier alpha value is -2.73. The van der Waals surface area contributed by atoms with Crippen LogP contribution in [0, 0.1) is 17.0 Å². The summed E-state index contributed by atoms with van der Waals surface area (Å²) in [6.07, 6.45) is 0. The minimum absolute atomic E-state index is 0.0149. The van der Waals surface area contributed by atoms with Crippen LogP contribution in [-0.4, -0.2) is 16.5 Å². The van der Waals surface area contributed by atoms with Crippen molar-refractivity contribution in [2.45, 2.75) is 13.8 Å². The maximum Gasteiger partial charge on any atom is 0.272 e. The Morgan fingerprint density at radius 1 is 1.17 bits per heavy atom. The molecule has 7 heteroatoms. The van der Waals surface area contributed by atoms with Crippen LogP contribution in [0.2, 0.25) is 5.02 Å². The number of carbonyl (C=O) groups is 1. The number of nitrogens with one attached hydrogen (secondary N) is 1. The molecule has 0 aromatic heterocycles. The van der Waals surface area contributed by atoms with Crippen molar-refractivity contribution >= 4 is 28.9 Å². The second kappa shape index (κ2) is 7.02. The highest BCUT2D eigenvalue weighted by molar-refractivity contribution is 6.30. The van der Waals surface area contributed by atoms with Gasteiger partial charge in [-0.15, -0.1) is 0 Å². The number of hydrogen-bond donors (Lipinski definition) is 1. The van der Waals surface area contributed by atoms with Crippen molar-refractivity contribution in [1.82, 2.24) is 5.43 Å². The molecular weight excluding hydrogens is 318 g/mol. The van der Waals surface area contributed by atoms with E-state index in [9.17, 15) is 14.9 Å². The average molecular weight is 332 g/mol. The van der Waals surface area contributed by atoms with Crippen LogP contribution in [0.5, 0.6) is 0 Å². The third-order valence-corrected chi connectivity index (χ3v) is 3.51. The summed E-state index contributed by atoms with van der Waals surface area (Å²) in [5.74, 6) is -0.386. The van der Waals surface area contributed by atoms with Crippen molar-refractivity contribution in [2.24, 2.45) is 5.10 Å². The van der Waals surface area contributed by atoms with Gasteiger partial charge < -0.3 is 0 Å².